The molecule has 133 heavy (non-hydrogen) atoms. The SMILES string of the molecule is Cc1ccccc1-c1c(-c2cccc(CC(C)(C)c3cc4c5c(c3)N(c3ccc(C(C)(C)C)cc3)c3ccccc3B5n3c(-c5ccccc5)c(-c5ccc6c(c5)c5ccccc5n6-c5ccccc5)c5cc(C(C)(C)C)cc-4c53)c2)n2c3c(ccc(-n4c5ccccc5c5ccccc54)c13)-c1cc(C(C)(C)C)cc3c1B2c1cc(C(C)(C)C)ccc1N3c1ccc(C(C)(C)C)cc1. The summed E-state index contributed by atoms with van der Waals surface area (Å²) in [6.45, 7) is 42.4. The van der Waals surface area contributed by atoms with Gasteiger partial charge in [-0.15, -0.1) is 0 Å². The molecule has 0 atom stereocenters. The van der Waals surface area contributed by atoms with Crippen LogP contribution in [0.15, 0.2) is 340 Å². The smallest absolute Gasteiger partial charge is 0.333 e. The standard InChI is InChI=1S/C125H112B2N6/c1-76-36-25-26-43-90(76)112-113-108(131-103-49-32-27-44-91(103)92-45-28-33-50-104(92)131)65-62-94-96-68-85(124(14,15)16)73-109-114(96)127(101-72-83(122(8,9)10)57-64-107(101)130(109)89-60-55-82(56-61-89)121(5,6)7)133(119(94)113)117(112)80-40-35-37-77(66-80)75-125(17,18)86-71-97-98-69-84(123(11,12)13)70-99-111(79-52-63-105-95(67-79)93-46-29-31-48-102(93)128(105)87-41-23-20-24-42-87)116(78-38-21-19-22-39-78)132(118(98)99)126-100-47-30-34-51-106(100)129(110(74-86)115(97)126)88-58-53-81(54-59-88)120(2,3)4/h19-74H,75H2,1-18H3. The number of benzene rings is 16. The van der Waals surface area contributed by atoms with Gasteiger partial charge in [0.15, 0.2) is 0 Å². The van der Waals surface area contributed by atoms with Crippen molar-refractivity contribution >= 4 is 135 Å². The van der Waals surface area contributed by atoms with Crippen molar-refractivity contribution in [1.82, 2.24) is 18.1 Å². The van der Waals surface area contributed by atoms with Crippen molar-refractivity contribution in [1.29, 1.82) is 0 Å². The van der Waals surface area contributed by atoms with Gasteiger partial charge in [0, 0.05) is 117 Å². The predicted molar refractivity (Wildman–Crippen MR) is 570 cm³/mol. The van der Waals surface area contributed by atoms with Gasteiger partial charge in [0.25, 0.3) is 0 Å². The van der Waals surface area contributed by atoms with Gasteiger partial charge in [-0.1, -0.05) is 342 Å². The molecule has 0 saturated heterocycles. The highest BCUT2D eigenvalue weighted by Crippen LogP contribution is 2.57. The molecule has 0 saturated carbocycles. The summed E-state index contributed by atoms with van der Waals surface area (Å²) in [4.78, 5) is 5.27. The fraction of sp³-hybridized carbons (Fsp3) is 0.200. The minimum atomic E-state index is -0.472. The monoisotopic (exact) mass is 1720 g/mol. The molecule has 0 bridgehead atoms. The second-order valence-electron chi connectivity index (χ2n) is 44.3. The van der Waals surface area contributed by atoms with Gasteiger partial charge in [0.1, 0.15) is 0 Å². The molecule has 648 valence electrons. The highest BCUT2D eigenvalue weighted by molar-refractivity contribution is 6.90. The summed E-state index contributed by atoms with van der Waals surface area (Å²) < 4.78 is 10.7. The van der Waals surface area contributed by atoms with E-state index in [1.165, 1.54) is 222 Å². The first kappa shape index (κ1) is 82.1. The third-order valence-electron chi connectivity index (χ3n) is 30.2. The molecular formula is C125H112B2N6. The zero-order chi connectivity index (χ0) is 91.3. The number of anilines is 6. The Morgan fingerprint density at radius 1 is 0.256 bits per heavy atom. The molecule has 0 N–H and O–H groups in total. The maximum atomic E-state index is 2.88. The molecule has 0 radical (unpaired) electrons. The Bertz CT molecular complexity index is 8220. The zero-order valence-corrected chi connectivity index (χ0v) is 79.9. The quantitative estimate of drug-likeness (QED) is 0.121. The van der Waals surface area contributed by atoms with Gasteiger partial charge in [-0.3, -0.25) is 0 Å². The number of hydrogen-bond acceptors (Lipinski definition) is 2. The third-order valence-corrected chi connectivity index (χ3v) is 30.2. The third kappa shape index (κ3) is 12.6. The van der Waals surface area contributed by atoms with Gasteiger partial charge < -0.3 is 27.9 Å². The van der Waals surface area contributed by atoms with E-state index in [1.54, 1.807) is 0 Å². The first-order valence-electron chi connectivity index (χ1n) is 48.0. The highest BCUT2D eigenvalue weighted by Gasteiger charge is 2.49. The Kier molecular flexibility index (Phi) is 18.0. The maximum absolute atomic E-state index is 2.88. The van der Waals surface area contributed by atoms with Gasteiger partial charge in [-0.05, 0) is 261 Å². The summed E-state index contributed by atoms with van der Waals surface area (Å²) in [6, 6.07) is 133. The van der Waals surface area contributed by atoms with Crippen LogP contribution in [0.4, 0.5) is 34.1 Å². The second-order valence-corrected chi connectivity index (χ2v) is 44.3. The molecule has 0 spiro atoms. The van der Waals surface area contributed by atoms with Crippen molar-refractivity contribution in [2.75, 3.05) is 9.80 Å². The van der Waals surface area contributed by atoms with Crippen LogP contribution in [0.1, 0.15) is 162 Å². The molecule has 16 aromatic carbocycles. The van der Waals surface area contributed by atoms with E-state index in [1.807, 2.05) is 0 Å². The average Bonchev–Trinajstić information content (AvgIpc) is 1.55. The molecular weight excluding hydrogens is 1610 g/mol. The number of hydrogen-bond donors (Lipinski definition) is 0. The lowest BCUT2D eigenvalue weighted by atomic mass is 9.44. The Morgan fingerprint density at radius 2 is 0.729 bits per heavy atom. The Labute approximate surface area is 783 Å². The molecule has 8 heterocycles. The number of fused-ring (bicyclic) bond motifs is 14. The van der Waals surface area contributed by atoms with E-state index in [2.05, 4.69) is 492 Å². The van der Waals surface area contributed by atoms with Crippen LogP contribution in [0.3, 0.4) is 0 Å². The first-order valence-corrected chi connectivity index (χ1v) is 48.0. The van der Waals surface area contributed by atoms with E-state index in [0.29, 0.717) is 0 Å². The van der Waals surface area contributed by atoms with Crippen molar-refractivity contribution in [3.63, 3.8) is 0 Å². The van der Waals surface area contributed by atoms with Gasteiger partial charge in [0.05, 0.1) is 27.8 Å². The minimum Gasteiger partial charge on any atom is -0.375 e. The molecule has 0 fully saturated rings. The predicted octanol–water partition coefficient (Wildman–Crippen LogP) is 30.6. The van der Waals surface area contributed by atoms with Crippen LogP contribution in [0.25, 0.3) is 144 Å². The molecule has 4 aliphatic rings. The lowest BCUT2D eigenvalue weighted by Crippen LogP contribution is -2.57. The molecule has 4 aliphatic heterocycles. The normalized spacial score (nSPS) is 13.6. The van der Waals surface area contributed by atoms with Gasteiger partial charge in [0.2, 0.25) is 0 Å². The molecule has 24 rings (SSSR count). The first-order chi connectivity index (χ1) is 63.8. The lowest BCUT2D eigenvalue weighted by molar-refractivity contribution is 0.523. The summed E-state index contributed by atoms with van der Waals surface area (Å²) in [5.74, 6) is 0. The van der Waals surface area contributed by atoms with E-state index in [-0.39, 0.29) is 40.8 Å². The van der Waals surface area contributed by atoms with E-state index >= 15 is 0 Å². The number of nitrogens with zero attached hydrogens (tertiary/aromatic N) is 6. The van der Waals surface area contributed by atoms with Crippen molar-refractivity contribution in [2.45, 2.75) is 164 Å². The molecule has 4 aromatic heterocycles. The van der Waals surface area contributed by atoms with Crippen molar-refractivity contribution < 1.29 is 0 Å². The van der Waals surface area contributed by atoms with Crippen molar-refractivity contribution in [3.05, 3.63) is 384 Å². The fourth-order valence-corrected chi connectivity index (χ4v) is 23.3. The minimum absolute atomic E-state index is 0.0280. The van der Waals surface area contributed by atoms with Crippen molar-refractivity contribution in [2.24, 2.45) is 0 Å². The van der Waals surface area contributed by atoms with Crippen LogP contribution >= 0.6 is 0 Å². The van der Waals surface area contributed by atoms with E-state index in [4.69, 9.17) is 0 Å². The van der Waals surface area contributed by atoms with Crippen molar-refractivity contribution in [3.8, 4) is 78.4 Å². The number of aryl methyl sites for hydroxylation is 1. The molecule has 8 heteroatoms. The number of para-hydroxylation sites is 5. The van der Waals surface area contributed by atoms with E-state index < -0.39 is 5.41 Å². The van der Waals surface area contributed by atoms with Crippen LogP contribution in [-0.2, 0) is 38.9 Å². The summed E-state index contributed by atoms with van der Waals surface area (Å²) in [6.07, 6.45) is 0.739. The summed E-state index contributed by atoms with van der Waals surface area (Å²) in [5, 5.41) is 7.45. The topological polar surface area (TPSA) is 26.2 Å². The Morgan fingerprint density at radius 3 is 1.35 bits per heavy atom. The van der Waals surface area contributed by atoms with Crippen LogP contribution in [-0.4, -0.2) is 31.8 Å². The van der Waals surface area contributed by atoms with Crippen LogP contribution in [0, 0.1) is 6.92 Å². The average molecular weight is 1720 g/mol. The maximum Gasteiger partial charge on any atom is 0.333 e. The van der Waals surface area contributed by atoms with Gasteiger partial charge in [-0.2, -0.15) is 0 Å². The Hall–Kier alpha value is -14.1. The van der Waals surface area contributed by atoms with E-state index in [9.17, 15) is 0 Å². The fourth-order valence-electron chi connectivity index (χ4n) is 23.3. The van der Waals surface area contributed by atoms with Gasteiger partial charge in [-0.25, -0.2) is 0 Å². The number of rotatable bonds is 11. The molecule has 20 aromatic rings. The summed E-state index contributed by atoms with van der Waals surface area (Å²) in [5.41, 5.74) is 45.8. The van der Waals surface area contributed by atoms with Crippen LogP contribution in [0.5, 0.6) is 0 Å². The number of aromatic nitrogens is 4. The molecule has 0 aliphatic carbocycles. The second kappa shape index (κ2) is 29.2. The highest BCUT2D eigenvalue weighted by atomic mass is 15.2. The van der Waals surface area contributed by atoms with E-state index in [0.717, 1.165) is 29.2 Å². The van der Waals surface area contributed by atoms with Gasteiger partial charge >= 0.3 is 13.7 Å². The van der Waals surface area contributed by atoms with Crippen LogP contribution in [0.2, 0.25) is 0 Å². The summed E-state index contributed by atoms with van der Waals surface area (Å²) in [7, 11) is 0. The van der Waals surface area contributed by atoms with Crippen LogP contribution < -0.4 is 31.7 Å². The molecule has 6 nitrogen and oxygen atoms in total. The lowest BCUT2D eigenvalue weighted by Gasteiger charge is -2.42. The molecule has 0 unspecified atom stereocenters. The zero-order valence-electron chi connectivity index (χ0n) is 79.9. The summed E-state index contributed by atoms with van der Waals surface area (Å²) >= 11 is 0. The molecule has 0 amide bonds. The largest absolute Gasteiger partial charge is 0.375 e. The Balaban J connectivity index is 0.766.